The number of fused-ring (bicyclic) bond motifs is 1. The molecule has 0 fully saturated rings. The summed E-state index contributed by atoms with van der Waals surface area (Å²) >= 11 is 0. The maximum Gasteiger partial charge on any atom is 0.237 e. The summed E-state index contributed by atoms with van der Waals surface area (Å²) in [5.41, 5.74) is 7.44. The summed E-state index contributed by atoms with van der Waals surface area (Å²) in [5, 5.41) is 0.690. The number of nitrogens with two attached hydrogens (primary N) is 1. The number of nitrogens with one attached hydrogen (secondary N) is 1. The van der Waals surface area contributed by atoms with E-state index in [0.717, 1.165) is 0 Å². The number of benzene rings is 1. The summed E-state index contributed by atoms with van der Waals surface area (Å²) in [4.78, 5) is 4.17. The van der Waals surface area contributed by atoms with Crippen molar-refractivity contribution in [1.82, 2.24) is 4.98 Å². The van der Waals surface area contributed by atoms with Gasteiger partial charge in [0.2, 0.25) is 10.0 Å². The van der Waals surface area contributed by atoms with Crippen molar-refractivity contribution in [1.29, 1.82) is 0 Å². The quantitative estimate of drug-likeness (QED) is 0.826. The van der Waals surface area contributed by atoms with Crippen molar-refractivity contribution < 1.29 is 8.42 Å². The molecular weight excluding hydrogens is 262 g/mol. The summed E-state index contributed by atoms with van der Waals surface area (Å²) in [5.74, 6) is 0. The minimum Gasteiger partial charge on any atom is -0.397 e. The lowest BCUT2D eigenvalue weighted by molar-refractivity contribution is 0.566. The number of pyridine rings is 1. The molecule has 0 aliphatic rings. The number of hydrogen-bond donors (Lipinski definition) is 2. The van der Waals surface area contributed by atoms with E-state index >= 15 is 0 Å². The molecule has 19 heavy (non-hydrogen) atoms. The third kappa shape index (κ3) is 2.49. The summed E-state index contributed by atoms with van der Waals surface area (Å²) in [6.45, 7) is 4.94. The normalized spacial score (nSPS) is 12.6. The molecule has 1 heterocycles. The van der Waals surface area contributed by atoms with Crippen molar-refractivity contribution in [2.24, 2.45) is 0 Å². The highest BCUT2D eigenvalue weighted by molar-refractivity contribution is 7.94. The lowest BCUT2D eigenvalue weighted by Gasteiger charge is -2.21. The molecule has 1 aromatic heterocycles. The van der Waals surface area contributed by atoms with Gasteiger partial charge in [-0.05, 0) is 45.0 Å². The zero-order valence-electron chi connectivity index (χ0n) is 11.1. The predicted molar refractivity (Wildman–Crippen MR) is 78.5 cm³/mol. The van der Waals surface area contributed by atoms with Gasteiger partial charge in [0.15, 0.2) is 0 Å². The first-order valence-electron chi connectivity index (χ1n) is 5.88. The van der Waals surface area contributed by atoms with Gasteiger partial charge >= 0.3 is 0 Å². The number of anilines is 2. The van der Waals surface area contributed by atoms with Crippen LogP contribution >= 0.6 is 0 Å². The smallest absolute Gasteiger partial charge is 0.237 e. The van der Waals surface area contributed by atoms with Gasteiger partial charge in [0.05, 0.1) is 21.6 Å². The Morgan fingerprint density at radius 3 is 2.53 bits per heavy atom. The van der Waals surface area contributed by atoms with Crippen LogP contribution < -0.4 is 10.5 Å². The van der Waals surface area contributed by atoms with Gasteiger partial charge in [-0.1, -0.05) is 0 Å². The second kappa shape index (κ2) is 4.38. The lowest BCUT2D eigenvalue weighted by atomic mass is 10.1. The van der Waals surface area contributed by atoms with Crippen LogP contribution in [0.5, 0.6) is 0 Å². The molecule has 102 valence electrons. The van der Waals surface area contributed by atoms with Crippen LogP contribution in [0, 0.1) is 0 Å². The largest absolute Gasteiger partial charge is 0.397 e. The maximum absolute atomic E-state index is 12.2. The third-order valence-corrected chi connectivity index (χ3v) is 4.95. The molecule has 6 heteroatoms. The van der Waals surface area contributed by atoms with Crippen molar-refractivity contribution >= 4 is 32.3 Å². The molecule has 2 aromatic rings. The van der Waals surface area contributed by atoms with Crippen LogP contribution in [-0.2, 0) is 10.0 Å². The fraction of sp³-hybridized carbons (Fsp3) is 0.308. The monoisotopic (exact) mass is 279 g/mol. The molecule has 0 amide bonds. The average Bonchev–Trinajstić information content (AvgIpc) is 2.32. The van der Waals surface area contributed by atoms with Gasteiger partial charge in [-0.2, -0.15) is 0 Å². The van der Waals surface area contributed by atoms with Crippen LogP contribution in [0.15, 0.2) is 30.5 Å². The number of sulfonamides is 1. The summed E-state index contributed by atoms with van der Waals surface area (Å²) in [6.07, 6.45) is 1.63. The second-order valence-corrected chi connectivity index (χ2v) is 7.76. The Labute approximate surface area is 112 Å². The van der Waals surface area contributed by atoms with Crippen LogP contribution in [0.25, 0.3) is 10.9 Å². The van der Waals surface area contributed by atoms with Crippen molar-refractivity contribution in [3.63, 3.8) is 0 Å². The molecule has 0 spiro atoms. The zero-order chi connectivity index (χ0) is 14.3. The highest BCUT2D eigenvalue weighted by atomic mass is 32.2. The standard InChI is InChI=1S/C13H17N3O2S/c1-13(2,3)19(17,18)16-11-7-6-10(14)12-9(11)5-4-8-15-12/h4-8,16H,14H2,1-3H3. The molecule has 0 unspecified atom stereocenters. The molecule has 0 aliphatic carbocycles. The summed E-state index contributed by atoms with van der Waals surface area (Å²) in [7, 11) is -3.47. The Morgan fingerprint density at radius 1 is 1.21 bits per heavy atom. The number of nitrogens with zero attached hydrogens (tertiary/aromatic N) is 1. The Morgan fingerprint density at radius 2 is 1.89 bits per heavy atom. The van der Waals surface area contributed by atoms with Crippen LogP contribution in [0.4, 0.5) is 11.4 Å². The Hall–Kier alpha value is -1.82. The number of aromatic nitrogens is 1. The van der Waals surface area contributed by atoms with Gasteiger partial charge < -0.3 is 5.73 Å². The Balaban J connectivity index is 2.57. The summed E-state index contributed by atoms with van der Waals surface area (Å²) < 4.78 is 26.1. The molecule has 0 bridgehead atoms. The molecule has 2 rings (SSSR count). The van der Waals surface area contributed by atoms with E-state index in [2.05, 4.69) is 9.71 Å². The van der Waals surface area contributed by atoms with Gasteiger partial charge in [0.1, 0.15) is 0 Å². The van der Waals surface area contributed by atoms with Gasteiger partial charge in [-0.15, -0.1) is 0 Å². The second-order valence-electron chi connectivity index (χ2n) is 5.32. The fourth-order valence-corrected chi connectivity index (χ4v) is 2.36. The van der Waals surface area contributed by atoms with E-state index in [-0.39, 0.29) is 0 Å². The zero-order valence-corrected chi connectivity index (χ0v) is 12.0. The first-order chi connectivity index (χ1) is 8.72. The van der Waals surface area contributed by atoms with E-state index < -0.39 is 14.8 Å². The SMILES string of the molecule is CC(C)(C)S(=O)(=O)Nc1ccc(N)c2ncccc12. The van der Waals surface area contributed by atoms with Gasteiger partial charge in [0, 0.05) is 11.6 Å². The predicted octanol–water partition coefficient (Wildman–Crippen LogP) is 2.36. The van der Waals surface area contributed by atoms with E-state index in [1.54, 1.807) is 51.2 Å². The van der Waals surface area contributed by atoms with Crippen LogP contribution in [0.3, 0.4) is 0 Å². The molecular formula is C13H17N3O2S. The lowest BCUT2D eigenvalue weighted by Crippen LogP contribution is -2.33. The van der Waals surface area contributed by atoms with Crippen molar-refractivity contribution in [2.75, 3.05) is 10.5 Å². The summed E-state index contributed by atoms with van der Waals surface area (Å²) in [6, 6.07) is 6.84. The molecule has 3 N–H and O–H groups in total. The Kier molecular flexibility index (Phi) is 3.14. The van der Waals surface area contributed by atoms with Crippen molar-refractivity contribution in [3.05, 3.63) is 30.5 Å². The average molecular weight is 279 g/mol. The van der Waals surface area contributed by atoms with Crippen molar-refractivity contribution in [2.45, 2.75) is 25.5 Å². The van der Waals surface area contributed by atoms with Crippen LogP contribution in [-0.4, -0.2) is 18.1 Å². The number of hydrogen-bond acceptors (Lipinski definition) is 4. The first kappa shape index (κ1) is 13.6. The van der Waals surface area contributed by atoms with Crippen LogP contribution in [0.1, 0.15) is 20.8 Å². The maximum atomic E-state index is 12.2. The van der Waals surface area contributed by atoms with E-state index in [1.807, 2.05) is 0 Å². The molecule has 5 nitrogen and oxygen atoms in total. The minimum atomic E-state index is -3.47. The van der Waals surface area contributed by atoms with E-state index in [4.69, 9.17) is 5.73 Å². The number of rotatable bonds is 2. The van der Waals surface area contributed by atoms with E-state index in [0.29, 0.717) is 22.3 Å². The van der Waals surface area contributed by atoms with E-state index in [1.165, 1.54) is 0 Å². The fourth-order valence-electron chi connectivity index (χ4n) is 1.58. The molecule has 0 aliphatic heterocycles. The molecule has 1 aromatic carbocycles. The van der Waals surface area contributed by atoms with Crippen LogP contribution in [0.2, 0.25) is 0 Å². The highest BCUT2D eigenvalue weighted by Crippen LogP contribution is 2.29. The number of nitrogen functional groups attached to an aromatic ring is 1. The van der Waals surface area contributed by atoms with Crippen molar-refractivity contribution in [3.8, 4) is 0 Å². The molecule has 0 saturated carbocycles. The van der Waals surface area contributed by atoms with Gasteiger partial charge in [-0.25, -0.2) is 8.42 Å². The third-order valence-electron chi connectivity index (χ3n) is 2.85. The molecule has 0 radical (unpaired) electrons. The molecule has 0 atom stereocenters. The van der Waals surface area contributed by atoms with Gasteiger partial charge in [0.25, 0.3) is 0 Å². The highest BCUT2D eigenvalue weighted by Gasteiger charge is 2.29. The van der Waals surface area contributed by atoms with Gasteiger partial charge in [-0.3, -0.25) is 9.71 Å². The minimum absolute atomic E-state index is 0.493. The first-order valence-corrected chi connectivity index (χ1v) is 7.36. The molecule has 0 saturated heterocycles. The topological polar surface area (TPSA) is 85.1 Å². The Bertz CT molecular complexity index is 718. The van der Waals surface area contributed by atoms with E-state index in [9.17, 15) is 8.42 Å².